The molecular formula is C35H43Cl2N3O4S. The summed E-state index contributed by atoms with van der Waals surface area (Å²) in [4.78, 5) is 29.9. The third-order valence-corrected chi connectivity index (χ3v) is 10.0. The second kappa shape index (κ2) is 15.0. The van der Waals surface area contributed by atoms with Gasteiger partial charge in [0.2, 0.25) is 21.8 Å². The van der Waals surface area contributed by atoms with Crippen LogP contribution in [0.25, 0.3) is 0 Å². The maximum absolute atomic E-state index is 14.4. The van der Waals surface area contributed by atoms with Gasteiger partial charge in [0.15, 0.2) is 0 Å². The van der Waals surface area contributed by atoms with Gasteiger partial charge in [0.1, 0.15) is 12.6 Å². The molecule has 0 aliphatic heterocycles. The van der Waals surface area contributed by atoms with Crippen molar-refractivity contribution in [2.45, 2.75) is 83.3 Å². The Bertz CT molecular complexity index is 1570. The molecule has 45 heavy (non-hydrogen) atoms. The molecular weight excluding hydrogens is 629 g/mol. The van der Waals surface area contributed by atoms with Crippen LogP contribution in [0.4, 0.5) is 5.69 Å². The zero-order chi connectivity index (χ0) is 32.8. The number of hydrogen-bond acceptors (Lipinski definition) is 4. The predicted octanol–water partition coefficient (Wildman–Crippen LogP) is 7.15. The first-order valence-corrected chi connectivity index (χ1v) is 18.0. The normalized spacial score (nSPS) is 14.9. The van der Waals surface area contributed by atoms with Crippen LogP contribution in [-0.2, 0) is 38.0 Å². The topological polar surface area (TPSA) is 86.8 Å². The summed E-state index contributed by atoms with van der Waals surface area (Å²) in [5.41, 5.74) is 2.74. The van der Waals surface area contributed by atoms with Crippen LogP contribution in [0, 0.1) is 0 Å². The summed E-state index contributed by atoms with van der Waals surface area (Å²) in [6.45, 7) is 5.73. The molecule has 0 heterocycles. The maximum atomic E-state index is 14.4. The molecule has 1 fully saturated rings. The summed E-state index contributed by atoms with van der Waals surface area (Å²) in [6, 6.07) is 20.8. The summed E-state index contributed by atoms with van der Waals surface area (Å²) < 4.78 is 27.3. The van der Waals surface area contributed by atoms with Crippen LogP contribution in [0.5, 0.6) is 0 Å². The Labute approximate surface area is 278 Å². The fourth-order valence-corrected chi connectivity index (χ4v) is 6.99. The van der Waals surface area contributed by atoms with Gasteiger partial charge in [0, 0.05) is 29.1 Å². The van der Waals surface area contributed by atoms with E-state index in [1.54, 1.807) is 30.3 Å². The molecule has 1 saturated carbocycles. The van der Waals surface area contributed by atoms with Gasteiger partial charge in [0.05, 0.1) is 11.9 Å². The minimum Gasteiger partial charge on any atom is -0.352 e. The second-order valence-corrected chi connectivity index (χ2v) is 15.6. The van der Waals surface area contributed by atoms with Crippen molar-refractivity contribution < 1.29 is 18.0 Å². The highest BCUT2D eigenvalue weighted by Crippen LogP contribution is 2.28. The number of nitrogens with one attached hydrogen (secondary N) is 1. The average molecular weight is 673 g/mol. The maximum Gasteiger partial charge on any atom is 0.244 e. The van der Waals surface area contributed by atoms with Gasteiger partial charge in [-0.25, -0.2) is 8.42 Å². The number of carbonyl (C=O) groups is 2. The quantitative estimate of drug-likeness (QED) is 0.235. The lowest BCUT2D eigenvalue weighted by molar-refractivity contribution is -0.140. The number of anilines is 1. The molecule has 0 aromatic heterocycles. The molecule has 1 N–H and O–H groups in total. The van der Waals surface area contributed by atoms with Gasteiger partial charge in [-0.3, -0.25) is 13.9 Å². The fraction of sp³-hybridized carbons (Fsp3) is 0.429. The number of halogens is 2. The van der Waals surface area contributed by atoms with E-state index in [2.05, 4.69) is 26.1 Å². The molecule has 1 unspecified atom stereocenters. The Hall–Kier alpha value is -3.07. The second-order valence-electron chi connectivity index (χ2n) is 12.9. The van der Waals surface area contributed by atoms with Crippen molar-refractivity contribution in [3.8, 4) is 0 Å². The monoisotopic (exact) mass is 671 g/mol. The molecule has 0 bridgehead atoms. The molecule has 0 saturated heterocycles. The van der Waals surface area contributed by atoms with Crippen molar-refractivity contribution in [3.05, 3.63) is 99.5 Å². The van der Waals surface area contributed by atoms with E-state index in [0.717, 1.165) is 53.8 Å². The van der Waals surface area contributed by atoms with Crippen LogP contribution < -0.4 is 9.62 Å². The number of amides is 2. The predicted molar refractivity (Wildman–Crippen MR) is 183 cm³/mol. The van der Waals surface area contributed by atoms with Gasteiger partial charge in [-0.05, 0) is 59.2 Å². The van der Waals surface area contributed by atoms with Crippen LogP contribution in [0.15, 0.2) is 72.8 Å². The van der Waals surface area contributed by atoms with Crippen LogP contribution in [0.2, 0.25) is 10.0 Å². The van der Waals surface area contributed by atoms with Crippen molar-refractivity contribution in [1.29, 1.82) is 0 Å². The van der Waals surface area contributed by atoms with Crippen molar-refractivity contribution in [3.63, 3.8) is 0 Å². The highest BCUT2D eigenvalue weighted by molar-refractivity contribution is 7.92. The average Bonchev–Trinajstić information content (AvgIpc) is 2.98. The third kappa shape index (κ3) is 9.71. The number of sulfonamides is 1. The lowest BCUT2D eigenvalue weighted by Gasteiger charge is -2.35. The van der Waals surface area contributed by atoms with Crippen molar-refractivity contribution in [2.75, 3.05) is 17.1 Å². The third-order valence-electron chi connectivity index (χ3n) is 8.28. The van der Waals surface area contributed by atoms with E-state index in [0.29, 0.717) is 21.3 Å². The largest absolute Gasteiger partial charge is 0.352 e. The van der Waals surface area contributed by atoms with E-state index in [1.807, 2.05) is 42.5 Å². The molecule has 0 spiro atoms. The molecule has 3 aromatic carbocycles. The van der Waals surface area contributed by atoms with Crippen LogP contribution in [-0.4, -0.2) is 50.0 Å². The Morgan fingerprint density at radius 2 is 1.58 bits per heavy atom. The van der Waals surface area contributed by atoms with E-state index >= 15 is 0 Å². The molecule has 4 rings (SSSR count). The first-order valence-electron chi connectivity index (χ1n) is 15.4. The van der Waals surface area contributed by atoms with E-state index in [-0.39, 0.29) is 30.3 Å². The standard InChI is InChI=1S/C35H43Cl2N3O4S/c1-35(2,3)27-16-19-30(20-17-27)40(45(4,43)44)24-33(41)39(23-26-15-18-28(36)22-31(26)37)32(21-25-11-7-5-8-12-25)34(42)38-29-13-9-6-10-14-29/h5,7-8,11-12,15-20,22,29,32H,6,9-10,13-14,21,23-24H2,1-4H3,(H,38,42). The van der Waals surface area contributed by atoms with E-state index < -0.39 is 28.5 Å². The van der Waals surface area contributed by atoms with Gasteiger partial charge >= 0.3 is 0 Å². The van der Waals surface area contributed by atoms with E-state index in [9.17, 15) is 18.0 Å². The summed E-state index contributed by atoms with van der Waals surface area (Å²) in [5, 5.41) is 4.00. The van der Waals surface area contributed by atoms with Gasteiger partial charge < -0.3 is 10.2 Å². The first kappa shape index (κ1) is 34.8. The van der Waals surface area contributed by atoms with Crippen LogP contribution in [0.3, 0.4) is 0 Å². The molecule has 1 atom stereocenters. The summed E-state index contributed by atoms with van der Waals surface area (Å²) >= 11 is 12.7. The molecule has 2 amide bonds. The highest BCUT2D eigenvalue weighted by Gasteiger charge is 2.34. The Morgan fingerprint density at radius 1 is 0.933 bits per heavy atom. The Balaban J connectivity index is 1.74. The van der Waals surface area contributed by atoms with Gasteiger partial charge in [0.25, 0.3) is 0 Å². The molecule has 7 nitrogen and oxygen atoms in total. The molecule has 3 aromatic rings. The summed E-state index contributed by atoms with van der Waals surface area (Å²) in [5.74, 6) is -0.796. The van der Waals surface area contributed by atoms with Crippen molar-refractivity contribution >= 4 is 50.7 Å². The van der Waals surface area contributed by atoms with Gasteiger partial charge in [-0.2, -0.15) is 0 Å². The van der Waals surface area contributed by atoms with Gasteiger partial charge in [-0.15, -0.1) is 0 Å². The number of rotatable bonds is 11. The summed E-state index contributed by atoms with van der Waals surface area (Å²) in [7, 11) is -3.87. The Kier molecular flexibility index (Phi) is 11.6. The number of nitrogens with zero attached hydrogens (tertiary/aromatic N) is 2. The van der Waals surface area contributed by atoms with Crippen molar-refractivity contribution in [1.82, 2.24) is 10.2 Å². The van der Waals surface area contributed by atoms with Gasteiger partial charge in [-0.1, -0.05) is 112 Å². The molecule has 0 radical (unpaired) electrons. The van der Waals surface area contributed by atoms with E-state index in [1.165, 1.54) is 4.90 Å². The highest BCUT2D eigenvalue weighted by atomic mass is 35.5. The first-order chi connectivity index (χ1) is 21.2. The zero-order valence-corrected chi connectivity index (χ0v) is 28.8. The smallest absolute Gasteiger partial charge is 0.244 e. The lowest BCUT2D eigenvalue weighted by Crippen LogP contribution is -2.55. The molecule has 1 aliphatic rings. The number of benzene rings is 3. The molecule has 242 valence electrons. The van der Waals surface area contributed by atoms with Crippen LogP contribution in [0.1, 0.15) is 69.6 Å². The Morgan fingerprint density at radius 3 is 2.16 bits per heavy atom. The number of hydrogen-bond donors (Lipinski definition) is 1. The van der Waals surface area contributed by atoms with Crippen molar-refractivity contribution in [2.24, 2.45) is 0 Å². The lowest BCUT2D eigenvalue weighted by atomic mass is 9.87. The molecule has 10 heteroatoms. The summed E-state index contributed by atoms with van der Waals surface area (Å²) in [6.07, 6.45) is 6.30. The SMILES string of the molecule is CC(C)(C)c1ccc(N(CC(=O)N(Cc2ccc(Cl)cc2Cl)C(Cc2ccccc2)C(=O)NC2CCCCC2)S(C)(=O)=O)cc1. The molecule has 1 aliphatic carbocycles. The fourth-order valence-electron chi connectivity index (χ4n) is 5.67. The number of carbonyl (C=O) groups excluding carboxylic acids is 2. The van der Waals surface area contributed by atoms with E-state index in [4.69, 9.17) is 23.2 Å². The van der Waals surface area contributed by atoms with Crippen LogP contribution >= 0.6 is 23.2 Å². The minimum atomic E-state index is -3.87. The zero-order valence-electron chi connectivity index (χ0n) is 26.4. The minimum absolute atomic E-state index is 0.00894.